The number of H-pyrrole nitrogens is 2. The Morgan fingerprint density at radius 1 is 1.11 bits per heavy atom. The molecular weight excluding hydrogens is 386 g/mol. The number of imidazole rings is 1. The highest BCUT2D eigenvalue weighted by atomic mass is 35.5. The minimum Gasteiger partial charge on any atom is -0.506 e. The van der Waals surface area contributed by atoms with Crippen molar-refractivity contribution in [2.24, 2.45) is 0 Å². The Kier molecular flexibility index (Phi) is 4.63. The molecule has 5 rings (SSSR count). The third-order valence-electron chi connectivity index (χ3n) is 4.97. The predicted molar refractivity (Wildman–Crippen MR) is 109 cm³/mol. The number of piperidine rings is 1. The summed E-state index contributed by atoms with van der Waals surface area (Å²) in [6.45, 7) is 2.00. The lowest BCUT2D eigenvalue weighted by Gasteiger charge is -2.21. The Morgan fingerprint density at radius 2 is 1.93 bits per heavy atom. The molecule has 0 aliphatic carbocycles. The maximum Gasteiger partial charge on any atom is 0.263 e. The smallest absolute Gasteiger partial charge is 0.263 e. The average molecular weight is 404 g/mol. The van der Waals surface area contributed by atoms with E-state index < -0.39 is 0 Å². The van der Waals surface area contributed by atoms with E-state index in [0.717, 1.165) is 31.6 Å². The highest BCUT2D eigenvalue weighted by molar-refractivity contribution is 7.16. The van der Waals surface area contributed by atoms with E-state index in [-0.39, 0.29) is 29.3 Å². The molecule has 140 valence electrons. The van der Waals surface area contributed by atoms with E-state index in [2.05, 4.69) is 20.3 Å². The van der Waals surface area contributed by atoms with Crippen LogP contribution >= 0.6 is 23.7 Å². The zero-order valence-corrected chi connectivity index (χ0v) is 15.9. The van der Waals surface area contributed by atoms with Crippen LogP contribution in [-0.2, 0) is 0 Å². The summed E-state index contributed by atoms with van der Waals surface area (Å²) in [6.07, 6.45) is 2.13. The van der Waals surface area contributed by atoms with Gasteiger partial charge >= 0.3 is 0 Å². The lowest BCUT2D eigenvalue weighted by Crippen LogP contribution is -2.27. The Bertz CT molecular complexity index is 1180. The van der Waals surface area contributed by atoms with Crippen molar-refractivity contribution in [1.29, 1.82) is 0 Å². The molecule has 4 aromatic heterocycles. The van der Waals surface area contributed by atoms with Crippen molar-refractivity contribution in [2.45, 2.75) is 18.8 Å². The van der Waals surface area contributed by atoms with Gasteiger partial charge in [-0.15, -0.1) is 23.7 Å². The number of pyridine rings is 2. The van der Waals surface area contributed by atoms with Crippen LogP contribution in [0, 0.1) is 0 Å². The monoisotopic (exact) mass is 403 g/mol. The van der Waals surface area contributed by atoms with Crippen LogP contribution in [0.4, 0.5) is 0 Å². The van der Waals surface area contributed by atoms with Crippen molar-refractivity contribution in [2.75, 3.05) is 13.1 Å². The molecule has 0 saturated carbocycles. The molecule has 1 fully saturated rings. The van der Waals surface area contributed by atoms with Crippen LogP contribution in [-0.4, -0.2) is 38.1 Å². The SMILES string of the molecule is Cl.O=c1[nH]c2sccc2c(O)c1-c1nc2ccc(C3CCNCC3)nc2[nH]1. The van der Waals surface area contributed by atoms with E-state index in [9.17, 15) is 9.90 Å². The normalized spacial score (nSPS) is 15.3. The van der Waals surface area contributed by atoms with Crippen LogP contribution in [0.3, 0.4) is 0 Å². The fraction of sp³-hybridized carbons (Fsp3) is 0.278. The van der Waals surface area contributed by atoms with Crippen LogP contribution in [0.2, 0.25) is 0 Å². The Labute approximate surface area is 164 Å². The van der Waals surface area contributed by atoms with Gasteiger partial charge in [0, 0.05) is 11.6 Å². The van der Waals surface area contributed by atoms with E-state index in [1.54, 1.807) is 6.07 Å². The first-order chi connectivity index (χ1) is 12.7. The summed E-state index contributed by atoms with van der Waals surface area (Å²) in [4.78, 5) is 28.2. The number of hydrogen-bond donors (Lipinski definition) is 4. The summed E-state index contributed by atoms with van der Waals surface area (Å²) in [5, 5.41) is 16.4. The van der Waals surface area contributed by atoms with Gasteiger partial charge in [0.25, 0.3) is 5.56 Å². The molecular formula is C18H18ClN5O2S. The first kappa shape index (κ1) is 18.0. The zero-order chi connectivity index (χ0) is 17.7. The van der Waals surface area contributed by atoms with E-state index >= 15 is 0 Å². The largest absolute Gasteiger partial charge is 0.506 e. The molecule has 0 amide bonds. The number of aromatic hydroxyl groups is 1. The topological polar surface area (TPSA) is 107 Å². The fourth-order valence-electron chi connectivity index (χ4n) is 3.59. The number of fused-ring (bicyclic) bond motifs is 2. The van der Waals surface area contributed by atoms with Crippen molar-refractivity contribution in [3.8, 4) is 17.1 Å². The summed E-state index contributed by atoms with van der Waals surface area (Å²) in [7, 11) is 0. The third kappa shape index (κ3) is 2.99. The number of halogens is 1. The van der Waals surface area contributed by atoms with E-state index in [1.165, 1.54) is 11.3 Å². The number of nitrogens with zero attached hydrogens (tertiary/aromatic N) is 2. The van der Waals surface area contributed by atoms with E-state index in [0.29, 0.717) is 33.1 Å². The quantitative estimate of drug-likeness (QED) is 0.411. The zero-order valence-electron chi connectivity index (χ0n) is 14.3. The number of thiophene rings is 1. The van der Waals surface area contributed by atoms with Crippen LogP contribution in [0.25, 0.3) is 32.8 Å². The van der Waals surface area contributed by atoms with Crippen LogP contribution in [0.5, 0.6) is 5.75 Å². The van der Waals surface area contributed by atoms with Crippen molar-refractivity contribution in [3.05, 3.63) is 39.6 Å². The number of rotatable bonds is 2. The molecule has 27 heavy (non-hydrogen) atoms. The highest BCUT2D eigenvalue weighted by Gasteiger charge is 2.20. The maximum absolute atomic E-state index is 12.4. The second-order valence-electron chi connectivity index (χ2n) is 6.55. The first-order valence-corrected chi connectivity index (χ1v) is 9.49. The molecule has 0 bridgehead atoms. The molecule has 0 unspecified atom stereocenters. The molecule has 5 heterocycles. The molecule has 4 N–H and O–H groups in total. The van der Waals surface area contributed by atoms with Crippen molar-refractivity contribution in [3.63, 3.8) is 0 Å². The van der Waals surface area contributed by atoms with Gasteiger partial charge in [-0.25, -0.2) is 9.97 Å². The van der Waals surface area contributed by atoms with Gasteiger partial charge in [-0.1, -0.05) is 0 Å². The molecule has 0 aromatic carbocycles. The molecule has 7 nitrogen and oxygen atoms in total. The third-order valence-corrected chi connectivity index (χ3v) is 5.80. The summed E-state index contributed by atoms with van der Waals surface area (Å²) in [5.41, 5.74) is 2.15. The second-order valence-corrected chi connectivity index (χ2v) is 7.47. The Morgan fingerprint density at radius 3 is 2.74 bits per heavy atom. The fourth-order valence-corrected chi connectivity index (χ4v) is 4.38. The first-order valence-electron chi connectivity index (χ1n) is 8.61. The number of nitrogens with one attached hydrogen (secondary N) is 3. The van der Waals surface area contributed by atoms with Crippen LogP contribution < -0.4 is 10.9 Å². The molecule has 1 aliphatic heterocycles. The van der Waals surface area contributed by atoms with Gasteiger partial charge in [0.1, 0.15) is 27.5 Å². The Hall–Kier alpha value is -2.42. The molecule has 1 aliphatic rings. The molecule has 0 spiro atoms. The Balaban J connectivity index is 0.00000180. The summed E-state index contributed by atoms with van der Waals surface area (Å²) >= 11 is 1.38. The van der Waals surface area contributed by atoms with Gasteiger partial charge in [-0.05, 0) is 49.5 Å². The van der Waals surface area contributed by atoms with Gasteiger partial charge < -0.3 is 20.4 Å². The average Bonchev–Trinajstić information content (AvgIpc) is 3.28. The van der Waals surface area contributed by atoms with E-state index in [1.807, 2.05) is 17.5 Å². The maximum atomic E-state index is 12.4. The van der Waals surface area contributed by atoms with Crippen molar-refractivity contribution in [1.82, 2.24) is 25.3 Å². The van der Waals surface area contributed by atoms with Gasteiger partial charge in [0.15, 0.2) is 5.65 Å². The minimum absolute atomic E-state index is 0. The van der Waals surface area contributed by atoms with Gasteiger partial charge in [0.05, 0.1) is 5.39 Å². The van der Waals surface area contributed by atoms with E-state index in [4.69, 9.17) is 4.98 Å². The lowest BCUT2D eigenvalue weighted by atomic mass is 9.94. The molecule has 0 radical (unpaired) electrons. The van der Waals surface area contributed by atoms with Crippen molar-refractivity contribution >= 4 is 45.1 Å². The van der Waals surface area contributed by atoms with Crippen LogP contribution in [0.15, 0.2) is 28.4 Å². The molecule has 0 atom stereocenters. The highest BCUT2D eigenvalue weighted by Crippen LogP contribution is 2.33. The van der Waals surface area contributed by atoms with Crippen LogP contribution in [0.1, 0.15) is 24.5 Å². The minimum atomic E-state index is -0.366. The second kappa shape index (κ2) is 6.95. The molecule has 4 aromatic rings. The molecule has 1 saturated heterocycles. The van der Waals surface area contributed by atoms with Crippen molar-refractivity contribution < 1.29 is 5.11 Å². The molecule has 9 heteroatoms. The summed E-state index contributed by atoms with van der Waals surface area (Å²) in [6, 6.07) is 5.72. The summed E-state index contributed by atoms with van der Waals surface area (Å²) in [5.74, 6) is 0.718. The van der Waals surface area contributed by atoms with Gasteiger partial charge in [-0.2, -0.15) is 0 Å². The summed E-state index contributed by atoms with van der Waals surface area (Å²) < 4.78 is 0. The number of aromatic nitrogens is 4. The number of hydrogen-bond acceptors (Lipinski definition) is 6. The van der Waals surface area contributed by atoms with Gasteiger partial charge in [0.2, 0.25) is 0 Å². The van der Waals surface area contributed by atoms with Gasteiger partial charge in [-0.3, -0.25) is 4.79 Å². The predicted octanol–water partition coefficient (Wildman–Crippen LogP) is 3.12. The lowest BCUT2D eigenvalue weighted by molar-refractivity contribution is 0.454. The number of aromatic amines is 2. The standard InChI is InChI=1S/C18H17N5O2S.ClH/c24-14-10-5-8-26-18(10)23-17(25)13(14)16-21-12-2-1-11(20-15(12)22-16)9-3-6-19-7-4-9;/h1-2,5,8-9,19H,3-4,6-7H2,(H,20,21,22)(H2,23,24,25);1H.